The molecule has 23 heavy (non-hydrogen) atoms. The molecule has 2 aromatic carbocycles. The Balaban J connectivity index is 2.02. The van der Waals surface area contributed by atoms with Crippen LogP contribution < -0.4 is 10.2 Å². The van der Waals surface area contributed by atoms with E-state index in [0.717, 1.165) is 0 Å². The zero-order chi connectivity index (χ0) is 16.8. The molecule has 0 bridgehead atoms. The minimum Gasteiger partial charge on any atom is -0.423 e. The van der Waals surface area contributed by atoms with Gasteiger partial charge in [0, 0.05) is 5.57 Å². The van der Waals surface area contributed by atoms with Gasteiger partial charge >= 0.3 is 13.1 Å². The number of hydrogen-bond donors (Lipinski definition) is 2. The first-order valence-electron chi connectivity index (χ1n) is 6.81. The van der Waals surface area contributed by atoms with Crippen molar-refractivity contribution in [2.24, 2.45) is 10.2 Å². The molecule has 0 unspecified atom stereocenters. The molecule has 2 N–H and O–H groups in total. The van der Waals surface area contributed by atoms with Crippen molar-refractivity contribution in [3.8, 4) is 5.75 Å². The van der Waals surface area contributed by atoms with Gasteiger partial charge < -0.3 is 14.8 Å². The van der Waals surface area contributed by atoms with Gasteiger partial charge in [-0.05, 0) is 48.8 Å². The summed E-state index contributed by atoms with van der Waals surface area (Å²) in [5.74, 6) is -0.0798. The van der Waals surface area contributed by atoms with Crippen LogP contribution in [0.3, 0.4) is 0 Å². The molecule has 0 aliphatic rings. The quantitative estimate of drug-likeness (QED) is 0.291. The van der Waals surface area contributed by atoms with Crippen molar-refractivity contribution in [1.82, 2.24) is 0 Å². The molecule has 0 fully saturated rings. The maximum absolute atomic E-state index is 11.4. The molecular formula is C16H15BN2O4. The lowest BCUT2D eigenvalue weighted by molar-refractivity contribution is -0.130. The summed E-state index contributed by atoms with van der Waals surface area (Å²) < 4.78 is 5.07. The van der Waals surface area contributed by atoms with Gasteiger partial charge in [0.2, 0.25) is 0 Å². The maximum atomic E-state index is 11.4. The Morgan fingerprint density at radius 2 is 1.48 bits per heavy atom. The van der Waals surface area contributed by atoms with E-state index >= 15 is 0 Å². The molecule has 0 saturated carbocycles. The van der Waals surface area contributed by atoms with Gasteiger partial charge in [-0.1, -0.05) is 18.7 Å². The molecule has 0 radical (unpaired) electrons. The summed E-state index contributed by atoms with van der Waals surface area (Å²) >= 11 is 0. The molecule has 0 saturated heterocycles. The van der Waals surface area contributed by atoms with E-state index in [9.17, 15) is 4.79 Å². The molecule has 2 rings (SSSR count). The molecule has 0 heterocycles. The first-order valence-corrected chi connectivity index (χ1v) is 6.81. The fraction of sp³-hybridized carbons (Fsp3) is 0.0625. The first kappa shape index (κ1) is 16.6. The highest BCUT2D eigenvalue weighted by Crippen LogP contribution is 2.21. The number of azo groups is 1. The molecule has 2 aromatic rings. The van der Waals surface area contributed by atoms with Gasteiger partial charge in [-0.3, -0.25) is 0 Å². The number of esters is 1. The lowest BCUT2D eigenvalue weighted by Crippen LogP contribution is -2.29. The Bertz CT molecular complexity index is 725. The van der Waals surface area contributed by atoms with Crippen molar-refractivity contribution in [2.45, 2.75) is 6.92 Å². The third kappa shape index (κ3) is 4.87. The van der Waals surface area contributed by atoms with E-state index in [1.54, 1.807) is 55.5 Å². The summed E-state index contributed by atoms with van der Waals surface area (Å²) in [5, 5.41) is 26.1. The average molecular weight is 310 g/mol. The lowest BCUT2D eigenvalue weighted by Gasteiger charge is -2.03. The highest BCUT2D eigenvalue weighted by atomic mass is 16.5. The van der Waals surface area contributed by atoms with Gasteiger partial charge in [-0.2, -0.15) is 10.2 Å². The number of benzene rings is 2. The van der Waals surface area contributed by atoms with Crippen LogP contribution in [0.5, 0.6) is 5.75 Å². The molecule has 7 heteroatoms. The van der Waals surface area contributed by atoms with Gasteiger partial charge in [-0.15, -0.1) is 0 Å². The molecule has 0 aliphatic heterocycles. The van der Waals surface area contributed by atoms with Crippen LogP contribution in [-0.4, -0.2) is 23.1 Å². The van der Waals surface area contributed by atoms with Gasteiger partial charge in [0.15, 0.2) is 0 Å². The Morgan fingerprint density at radius 1 is 1.00 bits per heavy atom. The molecule has 116 valence electrons. The van der Waals surface area contributed by atoms with Crippen LogP contribution in [0.2, 0.25) is 0 Å². The van der Waals surface area contributed by atoms with E-state index in [4.69, 9.17) is 14.8 Å². The summed E-state index contributed by atoms with van der Waals surface area (Å²) in [6, 6.07) is 12.9. The summed E-state index contributed by atoms with van der Waals surface area (Å²) in [6.45, 7) is 5.08. The predicted octanol–water partition coefficient (Wildman–Crippen LogP) is 2.26. The van der Waals surface area contributed by atoms with E-state index < -0.39 is 13.1 Å². The van der Waals surface area contributed by atoms with E-state index in [1.807, 2.05) is 0 Å². The van der Waals surface area contributed by atoms with Crippen LogP contribution in [-0.2, 0) is 4.79 Å². The summed E-state index contributed by atoms with van der Waals surface area (Å²) in [5.41, 5.74) is 1.87. The Hall–Kier alpha value is -2.77. The number of ether oxygens (including phenoxy) is 1. The zero-order valence-corrected chi connectivity index (χ0v) is 12.5. The highest BCUT2D eigenvalue weighted by Gasteiger charge is 2.09. The lowest BCUT2D eigenvalue weighted by atomic mass is 9.80. The van der Waals surface area contributed by atoms with Crippen LogP contribution in [0.1, 0.15) is 6.92 Å². The van der Waals surface area contributed by atoms with E-state index in [-0.39, 0.29) is 0 Å². The third-order valence-electron chi connectivity index (χ3n) is 2.87. The van der Waals surface area contributed by atoms with Gasteiger partial charge in [0.1, 0.15) is 5.75 Å². The largest absolute Gasteiger partial charge is 0.488 e. The summed E-state index contributed by atoms with van der Waals surface area (Å²) in [4.78, 5) is 11.4. The smallest absolute Gasteiger partial charge is 0.423 e. The minimum absolute atomic E-state index is 0.324. The van der Waals surface area contributed by atoms with Crippen molar-refractivity contribution in [3.63, 3.8) is 0 Å². The Morgan fingerprint density at radius 3 is 1.91 bits per heavy atom. The monoisotopic (exact) mass is 310 g/mol. The van der Waals surface area contributed by atoms with Crippen LogP contribution in [0.4, 0.5) is 11.4 Å². The second-order valence-corrected chi connectivity index (χ2v) is 4.83. The van der Waals surface area contributed by atoms with Crippen molar-refractivity contribution in [1.29, 1.82) is 0 Å². The molecular weight excluding hydrogens is 295 g/mol. The molecule has 0 spiro atoms. The van der Waals surface area contributed by atoms with Gasteiger partial charge in [-0.25, -0.2) is 4.79 Å². The minimum atomic E-state index is -1.50. The van der Waals surface area contributed by atoms with Crippen LogP contribution in [0.15, 0.2) is 70.9 Å². The van der Waals surface area contributed by atoms with Crippen LogP contribution in [0.25, 0.3) is 0 Å². The summed E-state index contributed by atoms with van der Waals surface area (Å²) in [7, 11) is -1.50. The van der Waals surface area contributed by atoms with E-state index in [1.165, 1.54) is 0 Å². The second kappa shape index (κ2) is 7.48. The molecule has 0 aromatic heterocycles. The van der Waals surface area contributed by atoms with Crippen molar-refractivity contribution >= 4 is 29.9 Å². The summed E-state index contributed by atoms with van der Waals surface area (Å²) in [6.07, 6.45) is 0. The van der Waals surface area contributed by atoms with Crippen molar-refractivity contribution < 1.29 is 19.6 Å². The third-order valence-corrected chi connectivity index (χ3v) is 2.87. The fourth-order valence-corrected chi connectivity index (χ4v) is 1.60. The van der Waals surface area contributed by atoms with Gasteiger partial charge in [0.05, 0.1) is 11.4 Å². The standard InChI is InChI=1S/C16H15BN2O4/c1-11(2)16(20)23-15-9-7-14(8-10-15)19-18-13-5-3-12(4-6-13)17(21)22/h3-10,21-22H,1H2,2H3. The SMILES string of the molecule is C=C(C)C(=O)Oc1ccc(N=Nc2ccc(B(O)O)cc2)cc1. The highest BCUT2D eigenvalue weighted by molar-refractivity contribution is 6.58. The predicted molar refractivity (Wildman–Crippen MR) is 87.3 cm³/mol. The van der Waals surface area contributed by atoms with E-state index in [2.05, 4.69) is 16.8 Å². The van der Waals surface area contributed by atoms with Gasteiger partial charge in [0.25, 0.3) is 0 Å². The Kier molecular flexibility index (Phi) is 5.40. The van der Waals surface area contributed by atoms with E-state index in [0.29, 0.717) is 28.2 Å². The number of carbonyl (C=O) groups excluding carboxylic acids is 1. The zero-order valence-electron chi connectivity index (χ0n) is 12.5. The maximum Gasteiger partial charge on any atom is 0.488 e. The number of hydrogen-bond acceptors (Lipinski definition) is 6. The first-order chi connectivity index (χ1) is 11.0. The number of nitrogens with zero attached hydrogens (tertiary/aromatic N) is 2. The second-order valence-electron chi connectivity index (χ2n) is 4.83. The fourth-order valence-electron chi connectivity index (χ4n) is 1.60. The van der Waals surface area contributed by atoms with Crippen molar-refractivity contribution in [3.05, 3.63) is 60.7 Å². The molecule has 0 amide bonds. The average Bonchev–Trinajstić information content (AvgIpc) is 2.54. The number of carbonyl (C=O) groups is 1. The van der Waals surface area contributed by atoms with Crippen LogP contribution >= 0.6 is 0 Å². The molecule has 0 aliphatic carbocycles. The normalized spacial score (nSPS) is 10.6. The van der Waals surface area contributed by atoms with Crippen molar-refractivity contribution in [2.75, 3.05) is 0 Å². The van der Waals surface area contributed by atoms with Crippen LogP contribution in [0, 0.1) is 0 Å². The Labute approximate surface area is 133 Å². The topological polar surface area (TPSA) is 91.5 Å². The molecule has 0 atom stereocenters. The molecule has 6 nitrogen and oxygen atoms in total. The number of rotatable bonds is 5.